The second-order valence-electron chi connectivity index (χ2n) is 6.18. The fourth-order valence-corrected chi connectivity index (χ4v) is 3.33. The quantitative estimate of drug-likeness (QED) is 0.897. The molecule has 1 amide bonds. The average Bonchev–Trinajstić information content (AvgIpc) is 3.10. The topological polar surface area (TPSA) is 29.1 Å². The van der Waals surface area contributed by atoms with Gasteiger partial charge in [-0.25, -0.2) is 0 Å². The molecule has 0 bridgehead atoms. The van der Waals surface area contributed by atoms with E-state index in [4.69, 9.17) is 11.6 Å². The molecule has 2 aliphatic rings. The van der Waals surface area contributed by atoms with Crippen molar-refractivity contribution in [1.29, 1.82) is 0 Å². The molecule has 2 atom stereocenters. The first kappa shape index (κ1) is 13.0. The van der Waals surface area contributed by atoms with E-state index < -0.39 is 0 Å². The Kier molecular flexibility index (Phi) is 3.30. The summed E-state index contributed by atoms with van der Waals surface area (Å²) >= 11 is 5.91. The van der Waals surface area contributed by atoms with Gasteiger partial charge in [0.1, 0.15) is 0 Å². The monoisotopic (exact) mass is 277 g/mol. The van der Waals surface area contributed by atoms with Gasteiger partial charge in [-0.05, 0) is 55.7 Å². The van der Waals surface area contributed by atoms with Crippen LogP contribution >= 0.6 is 11.6 Å². The zero-order valence-corrected chi connectivity index (χ0v) is 12.0. The van der Waals surface area contributed by atoms with Gasteiger partial charge in [-0.2, -0.15) is 0 Å². The zero-order valence-electron chi connectivity index (χ0n) is 11.3. The molecule has 0 heterocycles. The summed E-state index contributed by atoms with van der Waals surface area (Å²) in [6, 6.07) is 8.12. The van der Waals surface area contributed by atoms with Gasteiger partial charge in [-0.1, -0.05) is 30.7 Å². The summed E-state index contributed by atoms with van der Waals surface area (Å²) in [6.07, 6.45) is 5.41. The van der Waals surface area contributed by atoms with Crippen LogP contribution < -0.4 is 5.32 Å². The lowest BCUT2D eigenvalue weighted by molar-refractivity contribution is -0.124. The lowest BCUT2D eigenvalue weighted by Crippen LogP contribution is -2.40. The summed E-state index contributed by atoms with van der Waals surface area (Å²) in [5.74, 6) is 0.963. The van der Waals surface area contributed by atoms with E-state index >= 15 is 0 Å². The lowest BCUT2D eigenvalue weighted by Gasteiger charge is -2.19. The number of rotatable bonds is 3. The molecule has 2 unspecified atom stereocenters. The maximum Gasteiger partial charge on any atom is 0.230 e. The van der Waals surface area contributed by atoms with Gasteiger partial charge in [0.15, 0.2) is 0 Å². The van der Waals surface area contributed by atoms with Crippen molar-refractivity contribution in [1.82, 2.24) is 5.32 Å². The first-order chi connectivity index (χ1) is 9.10. The number of hydrogen-bond donors (Lipinski definition) is 1. The Morgan fingerprint density at radius 2 is 1.95 bits per heavy atom. The molecular formula is C16H20ClNO. The summed E-state index contributed by atoms with van der Waals surface area (Å²) in [6.45, 7) is 2.26. The van der Waals surface area contributed by atoms with Crippen LogP contribution in [0.5, 0.6) is 0 Å². The van der Waals surface area contributed by atoms with Crippen LogP contribution in [0.4, 0.5) is 0 Å². The van der Waals surface area contributed by atoms with Crippen LogP contribution in [-0.4, -0.2) is 11.9 Å². The minimum atomic E-state index is -0.267. The molecule has 2 aliphatic carbocycles. The normalized spacial score (nSPS) is 28.1. The number of nitrogens with one attached hydrogen (secondary N) is 1. The molecule has 0 aromatic heterocycles. The lowest BCUT2D eigenvalue weighted by atomic mass is 9.94. The summed E-state index contributed by atoms with van der Waals surface area (Å²) in [7, 11) is 0. The van der Waals surface area contributed by atoms with E-state index in [2.05, 4.69) is 12.2 Å². The Balaban J connectivity index is 1.70. The largest absolute Gasteiger partial charge is 0.353 e. The van der Waals surface area contributed by atoms with Crippen LogP contribution in [0.25, 0.3) is 0 Å². The van der Waals surface area contributed by atoms with E-state index in [-0.39, 0.29) is 11.3 Å². The van der Waals surface area contributed by atoms with Gasteiger partial charge >= 0.3 is 0 Å². The van der Waals surface area contributed by atoms with E-state index in [1.54, 1.807) is 0 Å². The number of carbonyl (C=O) groups is 1. The molecule has 1 N–H and O–H groups in total. The Morgan fingerprint density at radius 1 is 1.26 bits per heavy atom. The van der Waals surface area contributed by atoms with Crippen LogP contribution in [0.15, 0.2) is 24.3 Å². The Labute approximate surface area is 119 Å². The maximum atomic E-state index is 12.5. The first-order valence-electron chi connectivity index (χ1n) is 7.17. The van der Waals surface area contributed by atoms with E-state index in [9.17, 15) is 4.79 Å². The first-order valence-corrected chi connectivity index (χ1v) is 7.55. The van der Waals surface area contributed by atoms with E-state index in [1.807, 2.05) is 24.3 Å². The molecular weight excluding hydrogens is 258 g/mol. The number of hydrogen-bond acceptors (Lipinski definition) is 1. The van der Waals surface area contributed by atoms with Crippen molar-refractivity contribution < 1.29 is 4.79 Å². The Morgan fingerprint density at radius 3 is 2.47 bits per heavy atom. The molecule has 0 saturated heterocycles. The van der Waals surface area contributed by atoms with Gasteiger partial charge in [0, 0.05) is 11.1 Å². The second-order valence-corrected chi connectivity index (χ2v) is 6.61. The van der Waals surface area contributed by atoms with Crippen molar-refractivity contribution in [2.75, 3.05) is 0 Å². The third-order valence-electron chi connectivity index (χ3n) is 4.61. The van der Waals surface area contributed by atoms with Crippen molar-refractivity contribution in [2.24, 2.45) is 5.92 Å². The number of benzene rings is 1. The smallest absolute Gasteiger partial charge is 0.230 e. The maximum absolute atomic E-state index is 12.5. The van der Waals surface area contributed by atoms with Crippen molar-refractivity contribution >= 4 is 17.5 Å². The van der Waals surface area contributed by atoms with Crippen LogP contribution in [0.3, 0.4) is 0 Å². The molecule has 1 aromatic rings. The molecule has 0 aliphatic heterocycles. The van der Waals surface area contributed by atoms with Crippen molar-refractivity contribution in [3.63, 3.8) is 0 Å². The summed E-state index contributed by atoms with van der Waals surface area (Å²) in [5, 5.41) is 3.98. The Bertz CT molecular complexity index is 478. The molecule has 0 radical (unpaired) electrons. The molecule has 3 rings (SSSR count). The molecule has 2 nitrogen and oxygen atoms in total. The van der Waals surface area contributed by atoms with Crippen molar-refractivity contribution in [3.05, 3.63) is 34.9 Å². The van der Waals surface area contributed by atoms with Crippen LogP contribution in [-0.2, 0) is 10.2 Å². The molecule has 102 valence electrons. The molecule has 0 spiro atoms. The minimum Gasteiger partial charge on any atom is -0.353 e. The molecule has 1 aromatic carbocycles. The fraction of sp³-hybridized carbons (Fsp3) is 0.562. The predicted octanol–water partition coefficient (Wildman–Crippen LogP) is 3.68. The summed E-state index contributed by atoms with van der Waals surface area (Å²) in [4.78, 5) is 12.5. The third kappa shape index (κ3) is 2.51. The molecule has 2 saturated carbocycles. The van der Waals surface area contributed by atoms with Crippen molar-refractivity contribution in [2.45, 2.75) is 50.5 Å². The number of amides is 1. The van der Waals surface area contributed by atoms with E-state index in [1.165, 1.54) is 6.42 Å². The minimum absolute atomic E-state index is 0.217. The van der Waals surface area contributed by atoms with Crippen LogP contribution in [0.2, 0.25) is 5.02 Å². The highest BCUT2D eigenvalue weighted by atomic mass is 35.5. The SMILES string of the molecule is CC1CCC(NC(=O)C2(c3ccc(Cl)cc3)CC2)C1. The van der Waals surface area contributed by atoms with Crippen LogP contribution in [0.1, 0.15) is 44.6 Å². The van der Waals surface area contributed by atoms with Gasteiger partial charge in [-0.15, -0.1) is 0 Å². The summed E-state index contributed by atoms with van der Waals surface area (Å²) < 4.78 is 0. The van der Waals surface area contributed by atoms with Crippen LogP contribution in [0, 0.1) is 5.92 Å². The van der Waals surface area contributed by atoms with Gasteiger partial charge in [-0.3, -0.25) is 4.79 Å². The molecule has 2 fully saturated rings. The van der Waals surface area contributed by atoms with Crippen molar-refractivity contribution in [3.8, 4) is 0 Å². The number of carbonyl (C=O) groups excluding carboxylic acids is 1. The highest BCUT2D eigenvalue weighted by molar-refractivity contribution is 6.30. The highest BCUT2D eigenvalue weighted by Gasteiger charge is 2.51. The van der Waals surface area contributed by atoms with E-state index in [0.717, 1.165) is 42.2 Å². The van der Waals surface area contributed by atoms with Gasteiger partial charge in [0.05, 0.1) is 5.41 Å². The average molecular weight is 278 g/mol. The fourth-order valence-electron chi connectivity index (χ4n) is 3.20. The second kappa shape index (κ2) is 4.82. The van der Waals surface area contributed by atoms with E-state index in [0.29, 0.717) is 6.04 Å². The Hall–Kier alpha value is -1.02. The molecule has 3 heteroatoms. The number of halogens is 1. The zero-order chi connectivity index (χ0) is 13.5. The van der Waals surface area contributed by atoms with Gasteiger partial charge in [0.2, 0.25) is 5.91 Å². The standard InChI is InChI=1S/C16H20ClNO/c1-11-2-7-14(10-11)18-15(19)16(8-9-16)12-3-5-13(17)6-4-12/h3-6,11,14H,2,7-10H2,1H3,(H,18,19). The third-order valence-corrected chi connectivity index (χ3v) is 4.86. The summed E-state index contributed by atoms with van der Waals surface area (Å²) in [5.41, 5.74) is 0.844. The van der Waals surface area contributed by atoms with Gasteiger partial charge < -0.3 is 5.32 Å². The highest BCUT2D eigenvalue weighted by Crippen LogP contribution is 2.48. The predicted molar refractivity (Wildman–Crippen MR) is 77.3 cm³/mol. The van der Waals surface area contributed by atoms with Gasteiger partial charge in [0.25, 0.3) is 0 Å². The molecule has 19 heavy (non-hydrogen) atoms.